The first-order valence-corrected chi connectivity index (χ1v) is 6.64. The Morgan fingerprint density at radius 3 is 2.25 bits per heavy atom. The van der Waals surface area contributed by atoms with E-state index in [4.69, 9.17) is 4.74 Å². The number of carbonyl (C=O) groups excluding carboxylic acids is 2. The molecular weight excluding hydrogens is 256 g/mol. The minimum Gasteiger partial charge on any atom is -0.494 e. The van der Waals surface area contributed by atoms with E-state index in [-0.39, 0.29) is 18.4 Å². The molecule has 0 aliphatic rings. The van der Waals surface area contributed by atoms with Crippen LogP contribution in [0.1, 0.15) is 27.7 Å². The number of ether oxygens (including phenoxy) is 1. The first kappa shape index (κ1) is 16.0. The summed E-state index contributed by atoms with van der Waals surface area (Å²) in [6, 6.07) is 7.09. The molecule has 20 heavy (non-hydrogen) atoms. The van der Waals surface area contributed by atoms with Crippen LogP contribution in [-0.4, -0.2) is 25.0 Å². The number of rotatable bonds is 5. The van der Waals surface area contributed by atoms with Crippen LogP contribution in [0.25, 0.3) is 0 Å². The van der Waals surface area contributed by atoms with Gasteiger partial charge in [0.15, 0.2) is 0 Å². The van der Waals surface area contributed by atoms with E-state index in [0.29, 0.717) is 12.3 Å². The van der Waals surface area contributed by atoms with Gasteiger partial charge in [-0.3, -0.25) is 9.59 Å². The number of anilines is 1. The molecular formula is C15H22N2O3. The maximum Gasteiger partial charge on any atom is 0.243 e. The van der Waals surface area contributed by atoms with E-state index in [1.807, 2.05) is 6.92 Å². The molecule has 2 N–H and O–H groups in total. The largest absolute Gasteiger partial charge is 0.494 e. The van der Waals surface area contributed by atoms with Gasteiger partial charge in [0.25, 0.3) is 0 Å². The van der Waals surface area contributed by atoms with E-state index in [0.717, 1.165) is 5.75 Å². The Kier molecular flexibility index (Phi) is 5.55. The molecule has 0 aromatic heterocycles. The Morgan fingerprint density at radius 2 is 1.75 bits per heavy atom. The predicted octanol–water partition coefficient (Wildman–Crippen LogP) is 2.19. The molecule has 0 spiro atoms. The second kappa shape index (κ2) is 6.93. The van der Waals surface area contributed by atoms with E-state index in [2.05, 4.69) is 10.6 Å². The Balaban J connectivity index is 2.44. The molecule has 0 aliphatic heterocycles. The first-order valence-electron chi connectivity index (χ1n) is 6.64. The highest BCUT2D eigenvalue weighted by atomic mass is 16.5. The minimum atomic E-state index is -0.501. The van der Waals surface area contributed by atoms with Crippen LogP contribution in [0.3, 0.4) is 0 Å². The van der Waals surface area contributed by atoms with Gasteiger partial charge in [-0.2, -0.15) is 0 Å². The lowest BCUT2D eigenvalue weighted by Gasteiger charge is -2.17. The summed E-state index contributed by atoms with van der Waals surface area (Å²) in [5, 5.41) is 5.31. The molecule has 2 amide bonds. The van der Waals surface area contributed by atoms with E-state index in [9.17, 15) is 9.59 Å². The summed E-state index contributed by atoms with van der Waals surface area (Å²) in [5.74, 6) is 0.345. The highest BCUT2D eigenvalue weighted by Gasteiger charge is 2.21. The molecule has 0 atom stereocenters. The monoisotopic (exact) mass is 278 g/mol. The number of carbonyl (C=O) groups is 2. The van der Waals surface area contributed by atoms with Gasteiger partial charge in [-0.05, 0) is 31.2 Å². The Hall–Kier alpha value is -2.04. The van der Waals surface area contributed by atoms with Crippen molar-refractivity contribution in [3.05, 3.63) is 24.3 Å². The number of benzene rings is 1. The summed E-state index contributed by atoms with van der Waals surface area (Å²) in [6.07, 6.45) is 0. The number of amides is 2. The molecule has 0 saturated carbocycles. The average Bonchev–Trinajstić information content (AvgIpc) is 2.37. The highest BCUT2D eigenvalue weighted by Crippen LogP contribution is 2.15. The van der Waals surface area contributed by atoms with Crippen LogP contribution in [-0.2, 0) is 9.59 Å². The van der Waals surface area contributed by atoms with Crippen molar-refractivity contribution < 1.29 is 14.3 Å². The van der Waals surface area contributed by atoms with Crippen LogP contribution in [0.2, 0.25) is 0 Å². The van der Waals surface area contributed by atoms with Crippen molar-refractivity contribution in [2.75, 3.05) is 18.5 Å². The Bertz CT molecular complexity index is 461. The van der Waals surface area contributed by atoms with E-state index < -0.39 is 5.41 Å². The Morgan fingerprint density at radius 1 is 1.15 bits per heavy atom. The van der Waals surface area contributed by atoms with Gasteiger partial charge < -0.3 is 15.4 Å². The lowest BCUT2D eigenvalue weighted by atomic mass is 9.96. The zero-order valence-corrected chi connectivity index (χ0v) is 12.4. The maximum atomic E-state index is 11.7. The van der Waals surface area contributed by atoms with E-state index >= 15 is 0 Å². The van der Waals surface area contributed by atoms with Crippen molar-refractivity contribution in [1.82, 2.24) is 5.32 Å². The molecule has 5 heteroatoms. The van der Waals surface area contributed by atoms with Gasteiger partial charge >= 0.3 is 0 Å². The number of nitrogens with one attached hydrogen (secondary N) is 2. The van der Waals surface area contributed by atoms with Gasteiger partial charge in [0, 0.05) is 11.1 Å². The van der Waals surface area contributed by atoms with Gasteiger partial charge in [-0.25, -0.2) is 0 Å². The fourth-order valence-corrected chi connectivity index (χ4v) is 1.43. The quantitative estimate of drug-likeness (QED) is 0.867. The van der Waals surface area contributed by atoms with Crippen molar-refractivity contribution in [1.29, 1.82) is 0 Å². The first-order chi connectivity index (χ1) is 9.32. The van der Waals surface area contributed by atoms with E-state index in [1.165, 1.54) is 0 Å². The molecule has 0 bridgehead atoms. The number of hydrogen-bond acceptors (Lipinski definition) is 3. The zero-order chi connectivity index (χ0) is 15.2. The van der Waals surface area contributed by atoms with Crippen LogP contribution >= 0.6 is 0 Å². The fraction of sp³-hybridized carbons (Fsp3) is 0.467. The summed E-state index contributed by atoms with van der Waals surface area (Å²) >= 11 is 0. The molecule has 110 valence electrons. The normalized spacial score (nSPS) is 10.8. The average molecular weight is 278 g/mol. The molecule has 0 saturated heterocycles. The lowest BCUT2D eigenvalue weighted by Crippen LogP contribution is -2.39. The summed E-state index contributed by atoms with van der Waals surface area (Å²) in [7, 11) is 0. The van der Waals surface area contributed by atoms with Crippen molar-refractivity contribution in [2.45, 2.75) is 27.7 Å². The molecule has 1 aromatic carbocycles. The van der Waals surface area contributed by atoms with Crippen LogP contribution in [0, 0.1) is 5.41 Å². The van der Waals surface area contributed by atoms with Crippen molar-refractivity contribution >= 4 is 17.5 Å². The standard InChI is InChI=1S/C15H22N2O3/c1-5-20-12-8-6-11(7-9-12)17-13(18)10-16-14(19)15(2,3)4/h6-9H,5,10H2,1-4H3,(H,16,19)(H,17,18). The third-order valence-electron chi connectivity index (χ3n) is 2.54. The maximum absolute atomic E-state index is 11.7. The Labute approximate surface area is 119 Å². The zero-order valence-electron chi connectivity index (χ0n) is 12.4. The molecule has 5 nitrogen and oxygen atoms in total. The predicted molar refractivity (Wildman–Crippen MR) is 78.7 cm³/mol. The molecule has 0 fully saturated rings. The van der Waals surface area contributed by atoms with Crippen LogP contribution in [0.4, 0.5) is 5.69 Å². The molecule has 0 radical (unpaired) electrons. The van der Waals surface area contributed by atoms with E-state index in [1.54, 1.807) is 45.0 Å². The lowest BCUT2D eigenvalue weighted by molar-refractivity contribution is -0.130. The molecule has 0 aliphatic carbocycles. The van der Waals surface area contributed by atoms with Crippen molar-refractivity contribution in [3.63, 3.8) is 0 Å². The van der Waals surface area contributed by atoms with Crippen LogP contribution < -0.4 is 15.4 Å². The van der Waals surface area contributed by atoms with Gasteiger partial charge in [-0.1, -0.05) is 20.8 Å². The van der Waals surface area contributed by atoms with Gasteiger partial charge in [0.1, 0.15) is 5.75 Å². The summed E-state index contributed by atoms with van der Waals surface area (Å²) in [6.45, 7) is 7.87. The van der Waals surface area contributed by atoms with Crippen molar-refractivity contribution in [2.24, 2.45) is 5.41 Å². The van der Waals surface area contributed by atoms with Crippen LogP contribution in [0.15, 0.2) is 24.3 Å². The van der Waals surface area contributed by atoms with Gasteiger partial charge in [0.2, 0.25) is 11.8 Å². The minimum absolute atomic E-state index is 0.0384. The smallest absolute Gasteiger partial charge is 0.243 e. The molecule has 1 rings (SSSR count). The molecule has 0 heterocycles. The second-order valence-electron chi connectivity index (χ2n) is 5.44. The second-order valence-corrected chi connectivity index (χ2v) is 5.44. The number of hydrogen-bond donors (Lipinski definition) is 2. The van der Waals surface area contributed by atoms with Crippen molar-refractivity contribution in [3.8, 4) is 5.75 Å². The van der Waals surface area contributed by atoms with Gasteiger partial charge in [-0.15, -0.1) is 0 Å². The topological polar surface area (TPSA) is 67.4 Å². The highest BCUT2D eigenvalue weighted by molar-refractivity contribution is 5.95. The third kappa shape index (κ3) is 5.30. The molecule has 1 aromatic rings. The third-order valence-corrected chi connectivity index (χ3v) is 2.54. The summed E-state index contributed by atoms with van der Waals surface area (Å²) < 4.78 is 5.31. The summed E-state index contributed by atoms with van der Waals surface area (Å²) in [4.78, 5) is 23.3. The van der Waals surface area contributed by atoms with Crippen LogP contribution in [0.5, 0.6) is 5.75 Å². The summed E-state index contributed by atoms with van der Waals surface area (Å²) in [5.41, 5.74) is 0.169. The fourth-order valence-electron chi connectivity index (χ4n) is 1.43. The molecule has 0 unspecified atom stereocenters. The van der Waals surface area contributed by atoms with Gasteiger partial charge in [0.05, 0.1) is 13.2 Å². The SMILES string of the molecule is CCOc1ccc(NC(=O)CNC(=O)C(C)(C)C)cc1.